The normalized spacial score (nSPS) is 25.1. The zero-order valence-corrected chi connectivity index (χ0v) is 15.8. The average Bonchev–Trinajstić information content (AvgIpc) is 3.12. The van der Waals surface area contributed by atoms with Gasteiger partial charge in [-0.15, -0.1) is 0 Å². The maximum absolute atomic E-state index is 12.2. The van der Waals surface area contributed by atoms with E-state index in [1.54, 1.807) is 0 Å². The Morgan fingerprint density at radius 2 is 2.04 bits per heavy atom. The minimum Gasteiger partial charge on any atom is -0.469 e. The third kappa shape index (κ3) is 4.71. The standard InChI is InChI=1S/C17H23ClN4O5/c1-26-16(24)10-2-4-11(5-3-10)20-17(25)27-12-6-7-22(9-12)13-8-19-21-15(23)14(13)18/h8,10-12H,2-7,9H2,1H3,(H,20,25)(H,21,23)/t10-,11-,12-/m1/s1. The molecule has 0 aromatic carbocycles. The van der Waals surface area contributed by atoms with Crippen LogP contribution < -0.4 is 15.8 Å². The molecule has 1 saturated carbocycles. The zero-order valence-electron chi connectivity index (χ0n) is 15.1. The first-order chi connectivity index (χ1) is 13.0. The highest BCUT2D eigenvalue weighted by atomic mass is 35.5. The smallest absolute Gasteiger partial charge is 0.407 e. The monoisotopic (exact) mass is 398 g/mol. The molecule has 0 spiro atoms. The largest absolute Gasteiger partial charge is 0.469 e. The van der Waals surface area contributed by atoms with E-state index in [0.29, 0.717) is 38.0 Å². The molecule has 1 aromatic heterocycles. The summed E-state index contributed by atoms with van der Waals surface area (Å²) in [5.41, 5.74) is 0.0897. The number of hydrogen-bond donors (Lipinski definition) is 2. The van der Waals surface area contributed by atoms with Crippen molar-refractivity contribution in [3.63, 3.8) is 0 Å². The number of hydrogen-bond acceptors (Lipinski definition) is 7. The Bertz CT molecular complexity index is 747. The van der Waals surface area contributed by atoms with Gasteiger partial charge in [0.1, 0.15) is 11.1 Å². The maximum Gasteiger partial charge on any atom is 0.407 e. The van der Waals surface area contributed by atoms with Crippen LogP contribution in [0.2, 0.25) is 5.02 Å². The molecule has 27 heavy (non-hydrogen) atoms. The van der Waals surface area contributed by atoms with Crippen LogP contribution in [0.1, 0.15) is 32.1 Å². The number of alkyl carbamates (subject to hydrolysis) is 1. The van der Waals surface area contributed by atoms with Crippen LogP contribution in [0.25, 0.3) is 0 Å². The zero-order chi connectivity index (χ0) is 19.4. The van der Waals surface area contributed by atoms with Crippen LogP contribution in [0.4, 0.5) is 10.5 Å². The molecular formula is C17H23ClN4O5. The molecule has 1 saturated heterocycles. The summed E-state index contributed by atoms with van der Waals surface area (Å²) in [5.74, 6) is -0.269. The van der Waals surface area contributed by atoms with Gasteiger partial charge < -0.3 is 19.7 Å². The molecule has 0 bridgehead atoms. The van der Waals surface area contributed by atoms with E-state index in [2.05, 4.69) is 15.5 Å². The quantitative estimate of drug-likeness (QED) is 0.738. The molecule has 2 aliphatic rings. The molecule has 10 heteroatoms. The van der Waals surface area contributed by atoms with Gasteiger partial charge in [-0.2, -0.15) is 5.10 Å². The number of carbonyl (C=O) groups is 2. The Balaban J connectivity index is 1.45. The number of nitrogens with zero attached hydrogens (tertiary/aromatic N) is 2. The molecule has 0 radical (unpaired) electrons. The lowest BCUT2D eigenvalue weighted by Gasteiger charge is -2.27. The third-order valence-electron chi connectivity index (χ3n) is 5.12. The summed E-state index contributed by atoms with van der Waals surface area (Å²) in [5, 5.41) is 8.99. The predicted molar refractivity (Wildman–Crippen MR) is 97.9 cm³/mol. The predicted octanol–water partition coefficient (Wildman–Crippen LogP) is 1.46. The number of carbonyl (C=O) groups excluding carboxylic acids is 2. The average molecular weight is 399 g/mol. The summed E-state index contributed by atoms with van der Waals surface area (Å²) >= 11 is 6.02. The van der Waals surface area contributed by atoms with Crippen molar-refractivity contribution in [2.24, 2.45) is 5.92 Å². The molecule has 3 rings (SSSR count). The summed E-state index contributed by atoms with van der Waals surface area (Å²) in [7, 11) is 1.39. The van der Waals surface area contributed by atoms with Crippen molar-refractivity contribution >= 4 is 29.4 Å². The van der Waals surface area contributed by atoms with Crippen molar-refractivity contribution in [1.29, 1.82) is 0 Å². The molecule has 9 nitrogen and oxygen atoms in total. The number of rotatable bonds is 4. The summed E-state index contributed by atoms with van der Waals surface area (Å²) < 4.78 is 10.3. The fourth-order valence-electron chi connectivity index (χ4n) is 3.63. The van der Waals surface area contributed by atoms with E-state index < -0.39 is 11.7 Å². The number of methoxy groups -OCH3 is 1. The van der Waals surface area contributed by atoms with Crippen LogP contribution in [-0.2, 0) is 14.3 Å². The van der Waals surface area contributed by atoms with Crippen molar-refractivity contribution in [2.75, 3.05) is 25.1 Å². The van der Waals surface area contributed by atoms with E-state index in [1.807, 2.05) is 4.90 Å². The molecule has 2 N–H and O–H groups in total. The number of H-pyrrole nitrogens is 1. The van der Waals surface area contributed by atoms with Crippen molar-refractivity contribution in [2.45, 2.75) is 44.2 Å². The Labute approximate surface area is 161 Å². The van der Waals surface area contributed by atoms with E-state index in [9.17, 15) is 14.4 Å². The number of anilines is 1. The minimum atomic E-state index is -0.460. The number of halogens is 1. The van der Waals surface area contributed by atoms with Gasteiger partial charge in [-0.1, -0.05) is 11.6 Å². The fourth-order valence-corrected chi connectivity index (χ4v) is 3.84. The topological polar surface area (TPSA) is 114 Å². The number of aromatic nitrogens is 2. The number of amides is 1. The second kappa shape index (κ2) is 8.60. The highest BCUT2D eigenvalue weighted by molar-refractivity contribution is 6.33. The van der Waals surface area contributed by atoms with Gasteiger partial charge in [0, 0.05) is 19.0 Å². The first-order valence-electron chi connectivity index (χ1n) is 9.01. The van der Waals surface area contributed by atoms with Gasteiger partial charge in [-0.05, 0) is 25.7 Å². The lowest BCUT2D eigenvalue weighted by atomic mass is 9.86. The van der Waals surface area contributed by atoms with Gasteiger partial charge in [-0.3, -0.25) is 9.59 Å². The van der Waals surface area contributed by atoms with Crippen LogP contribution in [0.3, 0.4) is 0 Å². The molecule has 1 aromatic rings. The van der Waals surface area contributed by atoms with E-state index in [1.165, 1.54) is 13.3 Å². The molecule has 1 aliphatic heterocycles. The highest BCUT2D eigenvalue weighted by Gasteiger charge is 2.30. The Kier molecular flexibility index (Phi) is 6.20. The van der Waals surface area contributed by atoms with Crippen LogP contribution in [-0.4, -0.2) is 54.6 Å². The molecule has 2 heterocycles. The van der Waals surface area contributed by atoms with Crippen molar-refractivity contribution in [3.05, 3.63) is 21.6 Å². The number of esters is 1. The SMILES string of the molecule is COC(=O)[C@H]1CC[C@H](NC(=O)O[C@@H]2CCN(c3cn[nH]c(=O)c3Cl)C2)CC1. The van der Waals surface area contributed by atoms with Crippen molar-refractivity contribution in [3.8, 4) is 0 Å². The van der Waals surface area contributed by atoms with Crippen molar-refractivity contribution < 1.29 is 19.1 Å². The summed E-state index contributed by atoms with van der Waals surface area (Å²) in [4.78, 5) is 37.2. The first kappa shape index (κ1) is 19.5. The van der Waals surface area contributed by atoms with Gasteiger partial charge in [-0.25, -0.2) is 9.89 Å². The van der Waals surface area contributed by atoms with Gasteiger partial charge in [0.15, 0.2) is 0 Å². The lowest BCUT2D eigenvalue weighted by molar-refractivity contribution is -0.146. The maximum atomic E-state index is 12.2. The molecule has 1 aliphatic carbocycles. The molecular weight excluding hydrogens is 376 g/mol. The molecule has 0 unspecified atom stereocenters. The van der Waals surface area contributed by atoms with Gasteiger partial charge in [0.25, 0.3) is 5.56 Å². The van der Waals surface area contributed by atoms with Crippen LogP contribution >= 0.6 is 11.6 Å². The summed E-state index contributed by atoms with van der Waals surface area (Å²) in [6, 6.07) is 0.00207. The highest BCUT2D eigenvalue weighted by Crippen LogP contribution is 2.27. The van der Waals surface area contributed by atoms with Crippen molar-refractivity contribution in [1.82, 2.24) is 15.5 Å². The molecule has 148 valence electrons. The second-order valence-electron chi connectivity index (χ2n) is 6.88. The van der Waals surface area contributed by atoms with Gasteiger partial charge in [0.05, 0.1) is 31.5 Å². The Hall–Kier alpha value is -2.29. The fraction of sp³-hybridized carbons (Fsp3) is 0.647. The van der Waals surface area contributed by atoms with E-state index in [-0.39, 0.29) is 29.1 Å². The summed E-state index contributed by atoms with van der Waals surface area (Å²) in [6.45, 7) is 1.07. The molecule has 2 fully saturated rings. The summed E-state index contributed by atoms with van der Waals surface area (Å²) in [6.07, 6.45) is 4.23. The van der Waals surface area contributed by atoms with Crippen LogP contribution in [0.15, 0.2) is 11.0 Å². The van der Waals surface area contributed by atoms with E-state index >= 15 is 0 Å². The number of aromatic amines is 1. The van der Waals surface area contributed by atoms with E-state index in [0.717, 1.165) is 12.8 Å². The van der Waals surface area contributed by atoms with Gasteiger partial charge >= 0.3 is 12.1 Å². The lowest BCUT2D eigenvalue weighted by Crippen LogP contribution is -2.40. The van der Waals surface area contributed by atoms with Gasteiger partial charge in [0.2, 0.25) is 0 Å². The molecule has 1 atom stereocenters. The second-order valence-corrected chi connectivity index (χ2v) is 7.25. The Morgan fingerprint density at radius 3 is 2.74 bits per heavy atom. The minimum absolute atomic E-state index is 0.00207. The first-order valence-corrected chi connectivity index (χ1v) is 9.38. The third-order valence-corrected chi connectivity index (χ3v) is 5.49. The Morgan fingerprint density at radius 1 is 1.30 bits per heavy atom. The number of ether oxygens (including phenoxy) is 2. The van der Waals surface area contributed by atoms with Crippen LogP contribution in [0, 0.1) is 5.92 Å². The molecule has 1 amide bonds. The van der Waals surface area contributed by atoms with E-state index in [4.69, 9.17) is 21.1 Å². The van der Waals surface area contributed by atoms with Crippen LogP contribution in [0.5, 0.6) is 0 Å². The number of nitrogens with one attached hydrogen (secondary N) is 2.